The van der Waals surface area contributed by atoms with Crippen LogP contribution in [0.4, 0.5) is 5.69 Å². The number of benzene rings is 2. The van der Waals surface area contributed by atoms with Gasteiger partial charge in [0.15, 0.2) is 15.4 Å². The summed E-state index contributed by atoms with van der Waals surface area (Å²) < 4.78 is 28.9. The Morgan fingerprint density at radius 2 is 1.90 bits per heavy atom. The van der Waals surface area contributed by atoms with Crippen molar-refractivity contribution in [3.8, 4) is 11.5 Å². The molecular formula is C15H14N2O3S. The Morgan fingerprint density at radius 3 is 2.62 bits per heavy atom. The van der Waals surface area contributed by atoms with Crippen LogP contribution in [0.15, 0.2) is 45.7 Å². The van der Waals surface area contributed by atoms with E-state index in [0.717, 1.165) is 17.4 Å². The van der Waals surface area contributed by atoms with E-state index in [1.165, 1.54) is 12.1 Å². The van der Waals surface area contributed by atoms with Gasteiger partial charge >= 0.3 is 0 Å². The predicted molar refractivity (Wildman–Crippen MR) is 81.7 cm³/mol. The minimum atomic E-state index is -3.27. The summed E-state index contributed by atoms with van der Waals surface area (Å²) in [6.45, 7) is 1.94. The summed E-state index contributed by atoms with van der Waals surface area (Å²) in [7, 11) is -3.27. The standard InChI is InChI=1S/C15H14N2O3S/c1-9-3-4-10(16)7-12(9)15-17-13-8-11(21(2,18)19)5-6-14(13)20-15/h3-8H,16H2,1-2H3. The molecule has 0 atom stereocenters. The molecule has 0 amide bonds. The number of aromatic nitrogens is 1. The van der Waals surface area contributed by atoms with E-state index < -0.39 is 9.84 Å². The molecule has 0 saturated carbocycles. The number of fused-ring (bicyclic) bond motifs is 1. The number of hydrogen-bond donors (Lipinski definition) is 1. The van der Waals surface area contributed by atoms with Crippen LogP contribution in [0, 0.1) is 6.92 Å². The molecule has 2 aromatic carbocycles. The highest BCUT2D eigenvalue weighted by atomic mass is 32.2. The topological polar surface area (TPSA) is 86.2 Å². The van der Waals surface area contributed by atoms with Crippen molar-refractivity contribution in [2.24, 2.45) is 0 Å². The number of nitrogen functional groups attached to an aromatic ring is 1. The Balaban J connectivity index is 2.20. The van der Waals surface area contributed by atoms with Crippen LogP contribution in [-0.2, 0) is 9.84 Å². The number of sulfone groups is 1. The number of hydrogen-bond acceptors (Lipinski definition) is 5. The van der Waals surface area contributed by atoms with Gasteiger partial charge in [-0.2, -0.15) is 0 Å². The fourth-order valence-corrected chi connectivity index (χ4v) is 2.76. The van der Waals surface area contributed by atoms with Crippen LogP contribution in [-0.4, -0.2) is 19.7 Å². The number of nitrogens with two attached hydrogens (primary N) is 1. The zero-order valence-corrected chi connectivity index (χ0v) is 12.4. The molecular weight excluding hydrogens is 288 g/mol. The van der Waals surface area contributed by atoms with E-state index in [1.54, 1.807) is 12.1 Å². The molecule has 0 spiro atoms. The van der Waals surface area contributed by atoms with Gasteiger partial charge in [0.1, 0.15) is 5.52 Å². The van der Waals surface area contributed by atoms with Crippen molar-refractivity contribution >= 4 is 26.6 Å². The highest BCUT2D eigenvalue weighted by Gasteiger charge is 2.14. The largest absolute Gasteiger partial charge is 0.436 e. The molecule has 6 heteroatoms. The quantitative estimate of drug-likeness (QED) is 0.736. The van der Waals surface area contributed by atoms with E-state index in [9.17, 15) is 8.42 Å². The molecule has 0 aliphatic rings. The Morgan fingerprint density at radius 1 is 1.14 bits per heavy atom. The molecule has 108 valence electrons. The second kappa shape index (κ2) is 4.60. The lowest BCUT2D eigenvalue weighted by Crippen LogP contribution is -1.96. The first kappa shape index (κ1) is 13.6. The van der Waals surface area contributed by atoms with E-state index in [-0.39, 0.29) is 4.90 Å². The number of aryl methyl sites for hydroxylation is 1. The minimum absolute atomic E-state index is 0.221. The smallest absolute Gasteiger partial charge is 0.227 e. The van der Waals surface area contributed by atoms with Gasteiger partial charge < -0.3 is 10.2 Å². The first-order chi connectivity index (χ1) is 9.84. The van der Waals surface area contributed by atoms with Crippen molar-refractivity contribution < 1.29 is 12.8 Å². The van der Waals surface area contributed by atoms with Gasteiger partial charge in [-0.25, -0.2) is 13.4 Å². The molecule has 0 fully saturated rings. The average molecular weight is 302 g/mol. The maximum Gasteiger partial charge on any atom is 0.227 e. The van der Waals surface area contributed by atoms with Crippen LogP contribution in [0.5, 0.6) is 0 Å². The zero-order chi connectivity index (χ0) is 15.2. The van der Waals surface area contributed by atoms with E-state index in [1.807, 2.05) is 19.1 Å². The van der Waals surface area contributed by atoms with Gasteiger partial charge in [-0.1, -0.05) is 6.07 Å². The van der Waals surface area contributed by atoms with Crippen LogP contribution in [0.1, 0.15) is 5.56 Å². The molecule has 3 aromatic rings. The summed E-state index contributed by atoms with van der Waals surface area (Å²) in [6.07, 6.45) is 1.16. The second-order valence-corrected chi connectivity index (χ2v) is 7.01. The normalized spacial score (nSPS) is 11.9. The van der Waals surface area contributed by atoms with E-state index in [4.69, 9.17) is 10.2 Å². The number of nitrogens with zero attached hydrogens (tertiary/aromatic N) is 1. The second-order valence-electron chi connectivity index (χ2n) is 5.00. The highest BCUT2D eigenvalue weighted by Crippen LogP contribution is 2.29. The first-order valence-electron chi connectivity index (χ1n) is 6.32. The SMILES string of the molecule is Cc1ccc(N)cc1-c1nc2cc(S(C)(=O)=O)ccc2o1. The minimum Gasteiger partial charge on any atom is -0.436 e. The lowest BCUT2D eigenvalue weighted by atomic mass is 10.1. The summed E-state index contributed by atoms with van der Waals surface area (Å²) in [5.74, 6) is 0.431. The Labute approximate surface area is 122 Å². The summed E-state index contributed by atoms with van der Waals surface area (Å²) in [4.78, 5) is 4.59. The molecule has 1 heterocycles. The van der Waals surface area contributed by atoms with Gasteiger partial charge in [0.25, 0.3) is 0 Å². The van der Waals surface area contributed by atoms with Crippen LogP contribution in [0.3, 0.4) is 0 Å². The predicted octanol–water partition coefficient (Wildman–Crippen LogP) is 2.79. The Hall–Kier alpha value is -2.34. The number of rotatable bonds is 2. The molecule has 3 rings (SSSR count). The van der Waals surface area contributed by atoms with Gasteiger partial charge in [0, 0.05) is 17.5 Å². The maximum atomic E-state index is 11.6. The molecule has 0 aliphatic heterocycles. The molecule has 0 saturated heterocycles. The van der Waals surface area contributed by atoms with E-state index >= 15 is 0 Å². The lowest BCUT2D eigenvalue weighted by molar-refractivity contribution is 0.602. The van der Waals surface area contributed by atoms with Crippen molar-refractivity contribution in [1.29, 1.82) is 0 Å². The molecule has 5 nitrogen and oxygen atoms in total. The lowest BCUT2D eigenvalue weighted by Gasteiger charge is -2.01. The summed E-state index contributed by atoms with van der Waals surface area (Å²) >= 11 is 0. The Kier molecular flexibility index (Phi) is 2.98. The van der Waals surface area contributed by atoms with Crippen LogP contribution in [0.25, 0.3) is 22.6 Å². The molecule has 0 aliphatic carbocycles. The van der Waals surface area contributed by atoms with E-state index in [2.05, 4.69) is 4.98 Å². The third-order valence-electron chi connectivity index (χ3n) is 3.28. The van der Waals surface area contributed by atoms with Crippen molar-refractivity contribution in [1.82, 2.24) is 4.98 Å². The Bertz CT molecular complexity index is 943. The molecule has 1 aromatic heterocycles. The van der Waals surface area contributed by atoms with Crippen molar-refractivity contribution in [2.45, 2.75) is 11.8 Å². The number of anilines is 1. The molecule has 0 radical (unpaired) electrons. The van der Waals surface area contributed by atoms with Gasteiger partial charge in [0.05, 0.1) is 4.90 Å². The first-order valence-corrected chi connectivity index (χ1v) is 8.21. The molecule has 0 bridgehead atoms. The maximum absolute atomic E-state index is 11.6. The number of oxazole rings is 1. The summed E-state index contributed by atoms with van der Waals surface area (Å²) in [6, 6.07) is 10.1. The van der Waals surface area contributed by atoms with Crippen molar-refractivity contribution in [2.75, 3.05) is 12.0 Å². The zero-order valence-electron chi connectivity index (χ0n) is 11.6. The fourth-order valence-electron chi connectivity index (χ4n) is 2.12. The van der Waals surface area contributed by atoms with Crippen LogP contribution in [0.2, 0.25) is 0 Å². The molecule has 2 N–H and O–H groups in total. The van der Waals surface area contributed by atoms with Gasteiger partial charge in [-0.15, -0.1) is 0 Å². The van der Waals surface area contributed by atoms with Gasteiger partial charge in [0.2, 0.25) is 5.89 Å². The monoisotopic (exact) mass is 302 g/mol. The van der Waals surface area contributed by atoms with Gasteiger partial charge in [-0.3, -0.25) is 0 Å². The average Bonchev–Trinajstić information content (AvgIpc) is 2.83. The fraction of sp³-hybridized carbons (Fsp3) is 0.133. The molecule has 0 unspecified atom stereocenters. The summed E-state index contributed by atoms with van der Waals surface area (Å²) in [5, 5.41) is 0. The third kappa shape index (κ3) is 2.50. The third-order valence-corrected chi connectivity index (χ3v) is 4.39. The van der Waals surface area contributed by atoms with Crippen LogP contribution >= 0.6 is 0 Å². The highest BCUT2D eigenvalue weighted by molar-refractivity contribution is 7.90. The van der Waals surface area contributed by atoms with Crippen LogP contribution < -0.4 is 5.73 Å². The van der Waals surface area contributed by atoms with Crippen molar-refractivity contribution in [3.63, 3.8) is 0 Å². The summed E-state index contributed by atoms with van der Waals surface area (Å²) in [5.41, 5.74) is 9.25. The molecule has 21 heavy (non-hydrogen) atoms. The van der Waals surface area contributed by atoms with Gasteiger partial charge in [-0.05, 0) is 42.8 Å². The van der Waals surface area contributed by atoms with Crippen molar-refractivity contribution in [3.05, 3.63) is 42.0 Å². The van der Waals surface area contributed by atoms with E-state index in [0.29, 0.717) is 22.7 Å².